The first-order valence-corrected chi connectivity index (χ1v) is 6.08. The van der Waals surface area contributed by atoms with Gasteiger partial charge in [0.25, 0.3) is 0 Å². The summed E-state index contributed by atoms with van der Waals surface area (Å²) in [5, 5.41) is 1.17. The first-order chi connectivity index (χ1) is 5.66. The Hall–Kier alpha value is -0.310. The monoisotopic (exact) mass is 184 g/mol. The van der Waals surface area contributed by atoms with Crippen molar-refractivity contribution in [1.29, 1.82) is 0 Å². The molecule has 3 rings (SSSR count). The van der Waals surface area contributed by atoms with E-state index in [0.717, 1.165) is 12.8 Å². The number of rotatable bonds is 2. The minimum absolute atomic E-state index is 0.271. The molecule has 66 valence electrons. The molecule has 0 aromatic rings. The molecule has 3 heteroatoms. The van der Waals surface area contributed by atoms with Crippen LogP contribution in [0.5, 0.6) is 0 Å². The fourth-order valence-electron chi connectivity index (χ4n) is 3.53. The maximum absolute atomic E-state index is 11.6. The summed E-state index contributed by atoms with van der Waals surface area (Å²) in [4.78, 5) is 0. The Labute approximate surface area is 72.6 Å². The Kier molecular flexibility index (Phi) is 0.978. The van der Waals surface area contributed by atoms with Crippen molar-refractivity contribution >= 4 is 9.84 Å². The highest BCUT2D eigenvalue weighted by Crippen LogP contribution is 2.85. The molecule has 2 atom stereocenters. The van der Waals surface area contributed by atoms with Gasteiger partial charge in [-0.1, -0.05) is 13.0 Å². The van der Waals surface area contributed by atoms with Crippen molar-refractivity contribution in [2.24, 2.45) is 17.8 Å². The summed E-state index contributed by atoms with van der Waals surface area (Å²) >= 11 is 0. The zero-order chi connectivity index (χ0) is 8.56. The summed E-state index contributed by atoms with van der Waals surface area (Å²) in [5.41, 5.74) is 0. The summed E-state index contributed by atoms with van der Waals surface area (Å²) in [7, 11) is -2.95. The average molecular weight is 184 g/mol. The Morgan fingerprint density at radius 1 is 1.33 bits per heavy atom. The van der Waals surface area contributed by atoms with Crippen LogP contribution in [0.1, 0.15) is 19.3 Å². The fraction of sp³-hybridized carbons (Fsp3) is 0.778. The molecule has 2 nitrogen and oxygen atoms in total. The van der Waals surface area contributed by atoms with E-state index in [9.17, 15) is 8.42 Å². The summed E-state index contributed by atoms with van der Waals surface area (Å²) in [6.45, 7) is 3.40. The molecular formula is C9H12O2S. The minimum atomic E-state index is -2.95. The van der Waals surface area contributed by atoms with Crippen molar-refractivity contribution in [3.63, 3.8) is 0 Å². The van der Waals surface area contributed by atoms with E-state index < -0.39 is 9.84 Å². The van der Waals surface area contributed by atoms with Crippen LogP contribution >= 0.6 is 0 Å². The van der Waals surface area contributed by atoms with Crippen LogP contribution in [0.2, 0.25) is 0 Å². The van der Waals surface area contributed by atoms with Crippen LogP contribution in [0.15, 0.2) is 12.0 Å². The van der Waals surface area contributed by atoms with Gasteiger partial charge in [-0.05, 0) is 30.6 Å². The molecule has 2 unspecified atom stereocenters. The van der Waals surface area contributed by atoms with Gasteiger partial charge < -0.3 is 0 Å². The molecule has 3 saturated carbocycles. The van der Waals surface area contributed by atoms with Crippen molar-refractivity contribution in [3.8, 4) is 0 Å². The first-order valence-electron chi connectivity index (χ1n) is 4.53. The zero-order valence-electron chi connectivity index (χ0n) is 6.86. The third kappa shape index (κ3) is 0.465. The van der Waals surface area contributed by atoms with E-state index in [1.54, 1.807) is 0 Å². The molecular weight excluding hydrogens is 172 g/mol. The molecule has 0 amide bonds. The standard InChI is InChI=1S/C9H12O2S/c1-2-12(10,11)9-6-4-3-5-7(9)8(6)9/h2,6-8H,1,3-5H2. The molecule has 0 aromatic carbocycles. The topological polar surface area (TPSA) is 34.1 Å². The van der Waals surface area contributed by atoms with Gasteiger partial charge >= 0.3 is 0 Å². The van der Waals surface area contributed by atoms with Gasteiger partial charge in [-0.3, -0.25) is 0 Å². The summed E-state index contributed by atoms with van der Waals surface area (Å²) in [5.74, 6) is 1.56. The average Bonchev–Trinajstić information content (AvgIpc) is 2.93. The van der Waals surface area contributed by atoms with Crippen molar-refractivity contribution < 1.29 is 8.42 Å². The van der Waals surface area contributed by atoms with Crippen LogP contribution in [-0.2, 0) is 9.84 Å². The molecule has 0 N–H and O–H groups in total. The van der Waals surface area contributed by atoms with E-state index in [1.807, 2.05) is 0 Å². The molecule has 0 aliphatic heterocycles. The van der Waals surface area contributed by atoms with Gasteiger partial charge in [0.2, 0.25) is 0 Å². The van der Waals surface area contributed by atoms with Gasteiger partial charge in [-0.15, -0.1) is 0 Å². The summed E-state index contributed by atoms with van der Waals surface area (Å²) < 4.78 is 23.0. The third-order valence-electron chi connectivity index (χ3n) is 4.07. The van der Waals surface area contributed by atoms with Crippen molar-refractivity contribution in [2.45, 2.75) is 24.0 Å². The van der Waals surface area contributed by atoms with E-state index in [-0.39, 0.29) is 4.75 Å². The largest absolute Gasteiger partial charge is 0.224 e. The second-order valence-electron chi connectivity index (χ2n) is 4.23. The van der Waals surface area contributed by atoms with Gasteiger partial charge in [-0.2, -0.15) is 0 Å². The summed E-state index contributed by atoms with van der Waals surface area (Å²) in [6.07, 6.45) is 3.50. The van der Waals surface area contributed by atoms with Gasteiger partial charge in [-0.25, -0.2) is 8.42 Å². The molecule has 0 saturated heterocycles. The summed E-state index contributed by atoms with van der Waals surface area (Å²) in [6, 6.07) is 0. The molecule has 0 aromatic heterocycles. The number of fused-ring (bicyclic) bond motifs is 2. The zero-order valence-corrected chi connectivity index (χ0v) is 7.68. The molecule has 3 fully saturated rings. The predicted molar refractivity (Wildman–Crippen MR) is 46.2 cm³/mol. The van der Waals surface area contributed by atoms with Gasteiger partial charge in [0, 0.05) is 5.41 Å². The minimum Gasteiger partial charge on any atom is -0.224 e. The Balaban J connectivity index is 2.03. The van der Waals surface area contributed by atoms with Crippen LogP contribution in [0.4, 0.5) is 0 Å². The molecule has 12 heavy (non-hydrogen) atoms. The smallest absolute Gasteiger partial charge is 0.177 e. The Morgan fingerprint density at radius 3 is 2.33 bits per heavy atom. The molecule has 0 bridgehead atoms. The van der Waals surface area contributed by atoms with E-state index >= 15 is 0 Å². The highest BCUT2D eigenvalue weighted by Gasteiger charge is 2.92. The normalized spacial score (nSPS) is 54.2. The van der Waals surface area contributed by atoms with Crippen molar-refractivity contribution in [3.05, 3.63) is 12.0 Å². The Morgan fingerprint density at radius 2 is 1.92 bits per heavy atom. The molecule has 0 radical (unpaired) electrons. The second-order valence-corrected chi connectivity index (χ2v) is 6.37. The van der Waals surface area contributed by atoms with Gasteiger partial charge in [0.15, 0.2) is 9.84 Å². The molecule has 3 aliphatic rings. The van der Waals surface area contributed by atoms with Crippen LogP contribution in [0.25, 0.3) is 0 Å². The number of sulfone groups is 1. The second kappa shape index (κ2) is 1.65. The Bertz CT molecular complexity index is 333. The van der Waals surface area contributed by atoms with Gasteiger partial charge in [0.1, 0.15) is 0 Å². The van der Waals surface area contributed by atoms with Crippen LogP contribution in [0.3, 0.4) is 0 Å². The van der Waals surface area contributed by atoms with E-state index in [4.69, 9.17) is 0 Å². The SMILES string of the molecule is C=CS(=O)(=O)C12C3CCCC1C32. The molecule has 0 spiro atoms. The fourth-order valence-corrected chi connectivity index (χ4v) is 5.76. The lowest BCUT2D eigenvalue weighted by Gasteiger charge is -2.23. The third-order valence-corrected chi connectivity index (χ3v) is 6.37. The predicted octanol–water partition coefficient (Wildman–Crippen LogP) is 1.34. The van der Waals surface area contributed by atoms with E-state index in [2.05, 4.69) is 6.58 Å². The highest BCUT2D eigenvalue weighted by molar-refractivity contribution is 7.96. The van der Waals surface area contributed by atoms with Crippen molar-refractivity contribution in [2.75, 3.05) is 0 Å². The maximum atomic E-state index is 11.6. The first kappa shape index (κ1) is 7.13. The lowest BCUT2D eigenvalue weighted by atomic mass is 9.88. The van der Waals surface area contributed by atoms with Crippen LogP contribution < -0.4 is 0 Å². The van der Waals surface area contributed by atoms with Crippen LogP contribution in [0, 0.1) is 17.8 Å². The van der Waals surface area contributed by atoms with Crippen LogP contribution in [-0.4, -0.2) is 13.2 Å². The van der Waals surface area contributed by atoms with Crippen molar-refractivity contribution in [1.82, 2.24) is 0 Å². The van der Waals surface area contributed by atoms with Gasteiger partial charge in [0.05, 0.1) is 4.75 Å². The molecule has 3 aliphatic carbocycles. The number of hydrogen-bond donors (Lipinski definition) is 0. The van der Waals surface area contributed by atoms with E-state index in [1.165, 1.54) is 11.8 Å². The number of hydrogen-bond acceptors (Lipinski definition) is 2. The lowest BCUT2D eigenvalue weighted by Crippen LogP contribution is -2.26. The molecule has 0 heterocycles. The lowest BCUT2D eigenvalue weighted by molar-refractivity contribution is 0.344. The van der Waals surface area contributed by atoms with E-state index in [0.29, 0.717) is 17.8 Å². The highest BCUT2D eigenvalue weighted by atomic mass is 32.2. The maximum Gasteiger partial charge on any atom is 0.177 e. The quantitative estimate of drug-likeness (QED) is 0.649.